The minimum absolute atomic E-state index is 0.0345. The molecule has 1 aliphatic heterocycles. The molecule has 1 saturated heterocycles. The third-order valence-corrected chi connectivity index (χ3v) is 3.49. The Balaban J connectivity index is 2.09. The fourth-order valence-corrected chi connectivity index (χ4v) is 2.34. The number of carbonyl (C=O) groups excluding carboxylic acids is 1. The number of benzene rings is 1. The van der Waals surface area contributed by atoms with E-state index in [0.29, 0.717) is 31.6 Å². The number of nitriles is 1. The first-order valence-corrected chi connectivity index (χ1v) is 6.50. The summed E-state index contributed by atoms with van der Waals surface area (Å²) in [5.74, 6) is 0. The zero-order chi connectivity index (χ0) is 15.4. The summed E-state index contributed by atoms with van der Waals surface area (Å²) >= 11 is 0. The number of hydrogen-bond donors (Lipinski definition) is 2. The van der Waals surface area contributed by atoms with Gasteiger partial charge in [0.25, 0.3) is 5.69 Å². The molecule has 0 radical (unpaired) electrons. The van der Waals surface area contributed by atoms with Crippen molar-refractivity contribution in [1.82, 2.24) is 4.90 Å². The van der Waals surface area contributed by atoms with E-state index < -0.39 is 11.0 Å². The molecule has 8 nitrogen and oxygen atoms in total. The average molecular weight is 289 g/mol. The molecule has 8 heteroatoms. The highest BCUT2D eigenvalue weighted by Gasteiger charge is 2.23. The molecule has 0 unspecified atom stereocenters. The molecule has 2 rings (SSSR count). The van der Waals surface area contributed by atoms with Crippen molar-refractivity contribution in [3.8, 4) is 6.07 Å². The van der Waals surface area contributed by atoms with Gasteiger partial charge in [0, 0.05) is 25.2 Å². The lowest BCUT2D eigenvalue weighted by molar-refractivity contribution is -0.384. The van der Waals surface area contributed by atoms with E-state index in [0.717, 1.165) is 0 Å². The van der Waals surface area contributed by atoms with Crippen molar-refractivity contribution in [1.29, 1.82) is 5.26 Å². The lowest BCUT2D eigenvalue weighted by atomic mass is 10.0. The van der Waals surface area contributed by atoms with Crippen molar-refractivity contribution in [2.45, 2.75) is 18.9 Å². The van der Waals surface area contributed by atoms with Crippen LogP contribution in [0, 0.1) is 21.4 Å². The number of nitro benzene ring substituents is 1. The first-order chi connectivity index (χ1) is 10.0. The summed E-state index contributed by atoms with van der Waals surface area (Å²) < 4.78 is 0. The largest absolute Gasteiger partial charge is 0.377 e. The van der Waals surface area contributed by atoms with Crippen molar-refractivity contribution in [2.24, 2.45) is 5.73 Å². The molecule has 21 heavy (non-hydrogen) atoms. The zero-order valence-electron chi connectivity index (χ0n) is 11.3. The minimum Gasteiger partial charge on any atom is -0.377 e. The molecule has 1 heterocycles. The fourth-order valence-electron chi connectivity index (χ4n) is 2.34. The number of likely N-dealkylation sites (tertiary alicyclic amines) is 1. The molecular formula is C13H15N5O3. The molecule has 1 aromatic rings. The van der Waals surface area contributed by atoms with Gasteiger partial charge in [0.15, 0.2) is 0 Å². The number of nitrogens with one attached hydrogen (secondary N) is 1. The second-order valence-electron chi connectivity index (χ2n) is 4.84. The van der Waals surface area contributed by atoms with Crippen LogP contribution in [-0.4, -0.2) is 35.0 Å². The quantitative estimate of drug-likeness (QED) is 0.643. The zero-order valence-corrected chi connectivity index (χ0v) is 11.3. The van der Waals surface area contributed by atoms with Crippen molar-refractivity contribution in [3.05, 3.63) is 33.9 Å². The van der Waals surface area contributed by atoms with Gasteiger partial charge in [-0.05, 0) is 25.0 Å². The van der Waals surface area contributed by atoms with Gasteiger partial charge < -0.3 is 16.0 Å². The Labute approximate surface area is 121 Å². The Morgan fingerprint density at radius 1 is 1.48 bits per heavy atom. The van der Waals surface area contributed by atoms with Crippen LogP contribution < -0.4 is 11.1 Å². The lowest BCUT2D eigenvalue weighted by Gasteiger charge is -2.31. The van der Waals surface area contributed by atoms with Gasteiger partial charge in [-0.1, -0.05) is 0 Å². The Morgan fingerprint density at radius 3 is 2.67 bits per heavy atom. The number of anilines is 1. The molecule has 2 amide bonds. The number of primary amides is 1. The molecule has 0 aliphatic carbocycles. The van der Waals surface area contributed by atoms with Gasteiger partial charge in [-0.15, -0.1) is 0 Å². The second kappa shape index (κ2) is 6.09. The summed E-state index contributed by atoms with van der Waals surface area (Å²) in [5.41, 5.74) is 5.72. The Hall–Kier alpha value is -2.82. The van der Waals surface area contributed by atoms with Crippen molar-refractivity contribution in [3.63, 3.8) is 0 Å². The van der Waals surface area contributed by atoms with Gasteiger partial charge in [0.2, 0.25) is 0 Å². The molecule has 0 bridgehead atoms. The summed E-state index contributed by atoms with van der Waals surface area (Å²) in [4.78, 5) is 23.1. The highest BCUT2D eigenvalue weighted by Crippen LogP contribution is 2.27. The van der Waals surface area contributed by atoms with E-state index in [1.165, 1.54) is 18.2 Å². The predicted octanol–water partition coefficient (Wildman–Crippen LogP) is 1.42. The van der Waals surface area contributed by atoms with E-state index in [9.17, 15) is 14.9 Å². The number of nitrogens with two attached hydrogens (primary N) is 1. The van der Waals surface area contributed by atoms with Gasteiger partial charge in [-0.2, -0.15) is 5.26 Å². The normalized spacial score (nSPS) is 15.3. The molecule has 3 N–H and O–H groups in total. The van der Waals surface area contributed by atoms with Crippen molar-refractivity contribution < 1.29 is 9.72 Å². The van der Waals surface area contributed by atoms with Gasteiger partial charge in [0.1, 0.15) is 5.69 Å². The maximum atomic E-state index is 11.1. The molecular weight excluding hydrogens is 274 g/mol. The maximum Gasteiger partial charge on any atom is 0.314 e. The smallest absolute Gasteiger partial charge is 0.314 e. The number of piperidine rings is 1. The highest BCUT2D eigenvalue weighted by molar-refractivity contribution is 5.72. The Bertz CT molecular complexity index is 602. The van der Waals surface area contributed by atoms with Crippen LogP contribution in [0.1, 0.15) is 18.4 Å². The fraction of sp³-hybridized carbons (Fsp3) is 0.385. The molecule has 1 fully saturated rings. The molecule has 0 aromatic heterocycles. The molecule has 0 atom stereocenters. The van der Waals surface area contributed by atoms with Crippen LogP contribution in [0.2, 0.25) is 0 Å². The number of urea groups is 1. The molecule has 0 spiro atoms. The second-order valence-corrected chi connectivity index (χ2v) is 4.84. The molecule has 1 aliphatic rings. The molecule has 110 valence electrons. The van der Waals surface area contributed by atoms with Gasteiger partial charge >= 0.3 is 6.03 Å². The van der Waals surface area contributed by atoms with E-state index in [4.69, 9.17) is 11.0 Å². The van der Waals surface area contributed by atoms with Crippen LogP contribution in [-0.2, 0) is 0 Å². The minimum atomic E-state index is -0.512. The summed E-state index contributed by atoms with van der Waals surface area (Å²) in [6.45, 7) is 1.05. The lowest BCUT2D eigenvalue weighted by Crippen LogP contribution is -2.44. The van der Waals surface area contributed by atoms with Crippen LogP contribution >= 0.6 is 0 Å². The Kier molecular flexibility index (Phi) is 4.23. The van der Waals surface area contributed by atoms with Crippen LogP contribution in [0.5, 0.6) is 0 Å². The number of amides is 2. The summed E-state index contributed by atoms with van der Waals surface area (Å²) in [5, 5.41) is 23.0. The van der Waals surface area contributed by atoms with Gasteiger partial charge in [-0.25, -0.2) is 4.79 Å². The van der Waals surface area contributed by atoms with E-state index in [1.807, 2.05) is 6.07 Å². The van der Waals surface area contributed by atoms with E-state index >= 15 is 0 Å². The number of carbonyl (C=O) groups is 1. The van der Waals surface area contributed by atoms with Gasteiger partial charge in [0.05, 0.1) is 16.6 Å². The van der Waals surface area contributed by atoms with E-state index in [2.05, 4.69) is 5.32 Å². The third-order valence-electron chi connectivity index (χ3n) is 3.49. The summed E-state index contributed by atoms with van der Waals surface area (Å²) in [6, 6.07) is 5.79. The van der Waals surface area contributed by atoms with Crippen LogP contribution in [0.15, 0.2) is 18.2 Å². The monoisotopic (exact) mass is 289 g/mol. The van der Waals surface area contributed by atoms with Crippen molar-refractivity contribution in [2.75, 3.05) is 18.4 Å². The highest BCUT2D eigenvalue weighted by atomic mass is 16.6. The number of rotatable bonds is 3. The molecule has 0 saturated carbocycles. The Morgan fingerprint density at radius 2 is 2.14 bits per heavy atom. The van der Waals surface area contributed by atoms with Crippen LogP contribution in [0.25, 0.3) is 0 Å². The third kappa shape index (κ3) is 3.39. The maximum absolute atomic E-state index is 11.1. The van der Waals surface area contributed by atoms with E-state index in [-0.39, 0.29) is 17.3 Å². The first kappa shape index (κ1) is 14.6. The summed E-state index contributed by atoms with van der Waals surface area (Å²) in [6.07, 6.45) is 1.33. The van der Waals surface area contributed by atoms with E-state index in [1.54, 1.807) is 4.90 Å². The standard InChI is InChI=1S/C13H15N5O3/c14-8-9-1-2-11(12(7-9)18(20)21)16-10-3-5-17(6-4-10)13(15)19/h1-2,7,10,16H,3-6H2,(H2,15,19). The number of hydrogen-bond acceptors (Lipinski definition) is 5. The van der Waals surface area contributed by atoms with Gasteiger partial charge in [-0.3, -0.25) is 10.1 Å². The summed E-state index contributed by atoms with van der Waals surface area (Å²) in [7, 11) is 0. The SMILES string of the molecule is N#Cc1ccc(NC2CCN(C(N)=O)CC2)c([N+](=O)[O-])c1. The van der Waals surface area contributed by atoms with Crippen molar-refractivity contribution >= 4 is 17.4 Å². The topological polar surface area (TPSA) is 125 Å². The predicted molar refractivity (Wildman–Crippen MR) is 75.6 cm³/mol. The number of nitro groups is 1. The van der Waals surface area contributed by atoms with Crippen LogP contribution in [0.3, 0.4) is 0 Å². The van der Waals surface area contributed by atoms with Crippen LogP contribution in [0.4, 0.5) is 16.2 Å². The first-order valence-electron chi connectivity index (χ1n) is 6.50. The average Bonchev–Trinajstić information content (AvgIpc) is 2.48. The number of nitrogens with zero attached hydrogens (tertiary/aromatic N) is 3. The molecule has 1 aromatic carbocycles.